The number of carbonyl (C=O) groups excluding carboxylic acids is 2. The molecule has 2 amide bonds. The zero-order valence-corrected chi connectivity index (χ0v) is 18.5. The van der Waals surface area contributed by atoms with Crippen molar-refractivity contribution >= 4 is 52.1 Å². The number of nitro benzene ring substituents is 1. The maximum atomic E-state index is 12.5. The SMILES string of the molecule is CN(CC(=O)Nc1cc2c(cc1[N+](=O)[O-])OCCCO2)CC(=O)Nc1c(Cl)cccc1Cl. The summed E-state index contributed by atoms with van der Waals surface area (Å²) in [6, 6.07) is 7.41. The number of fused-ring (bicyclic) bond motifs is 1. The predicted octanol–water partition coefficient (Wildman–Crippen LogP) is 3.57. The number of carbonyl (C=O) groups is 2. The smallest absolute Gasteiger partial charge is 0.296 e. The van der Waals surface area contributed by atoms with Gasteiger partial charge in [-0.1, -0.05) is 29.3 Å². The molecule has 1 heterocycles. The Kier molecular flexibility index (Phi) is 7.73. The predicted molar refractivity (Wildman–Crippen MR) is 120 cm³/mol. The second-order valence-corrected chi connectivity index (χ2v) is 7.80. The van der Waals surface area contributed by atoms with E-state index in [9.17, 15) is 19.7 Å². The Bertz CT molecular complexity index is 1030. The molecule has 170 valence electrons. The minimum Gasteiger partial charge on any atom is -0.489 e. The van der Waals surface area contributed by atoms with Crippen molar-refractivity contribution in [1.82, 2.24) is 4.90 Å². The number of hydrogen-bond acceptors (Lipinski definition) is 7. The molecule has 0 aromatic heterocycles. The van der Waals surface area contributed by atoms with Crippen molar-refractivity contribution in [2.75, 3.05) is 44.0 Å². The molecule has 0 saturated carbocycles. The summed E-state index contributed by atoms with van der Waals surface area (Å²) >= 11 is 12.1. The minimum absolute atomic E-state index is 0.0232. The number of nitrogens with one attached hydrogen (secondary N) is 2. The van der Waals surface area contributed by atoms with Crippen molar-refractivity contribution in [3.05, 3.63) is 50.5 Å². The molecule has 2 aromatic carbocycles. The van der Waals surface area contributed by atoms with Crippen molar-refractivity contribution in [1.29, 1.82) is 0 Å². The van der Waals surface area contributed by atoms with E-state index in [2.05, 4.69) is 10.6 Å². The van der Waals surface area contributed by atoms with Gasteiger partial charge in [0.1, 0.15) is 5.69 Å². The third kappa shape index (κ3) is 6.00. The summed E-state index contributed by atoms with van der Waals surface area (Å²) < 4.78 is 11.0. The summed E-state index contributed by atoms with van der Waals surface area (Å²) in [5, 5.41) is 17.1. The van der Waals surface area contributed by atoms with Gasteiger partial charge in [-0.2, -0.15) is 0 Å². The van der Waals surface area contributed by atoms with Gasteiger partial charge in [-0.3, -0.25) is 24.6 Å². The number of nitro groups is 1. The van der Waals surface area contributed by atoms with Gasteiger partial charge in [0.2, 0.25) is 11.8 Å². The third-order valence-electron chi connectivity index (χ3n) is 4.39. The first-order valence-electron chi connectivity index (χ1n) is 9.55. The summed E-state index contributed by atoms with van der Waals surface area (Å²) in [6.07, 6.45) is 0.635. The summed E-state index contributed by atoms with van der Waals surface area (Å²) in [5.74, 6) is -0.419. The molecule has 12 heteroatoms. The minimum atomic E-state index is -0.616. The number of benzene rings is 2. The van der Waals surface area contributed by atoms with Gasteiger partial charge in [0, 0.05) is 12.5 Å². The van der Waals surface area contributed by atoms with Gasteiger partial charge in [0.15, 0.2) is 11.5 Å². The van der Waals surface area contributed by atoms with Gasteiger partial charge < -0.3 is 20.1 Å². The maximum Gasteiger partial charge on any atom is 0.296 e. The average molecular weight is 483 g/mol. The number of likely N-dealkylation sites (N-methyl/N-ethyl adjacent to an activating group) is 1. The molecule has 0 bridgehead atoms. The molecule has 0 unspecified atom stereocenters. The number of halogens is 2. The van der Waals surface area contributed by atoms with E-state index in [1.807, 2.05) is 0 Å². The Morgan fingerprint density at radius 3 is 2.22 bits per heavy atom. The number of anilines is 2. The second-order valence-electron chi connectivity index (χ2n) is 6.99. The highest BCUT2D eigenvalue weighted by Gasteiger charge is 2.23. The van der Waals surface area contributed by atoms with Crippen LogP contribution in [0.15, 0.2) is 30.3 Å². The lowest BCUT2D eigenvalue weighted by atomic mass is 10.2. The van der Waals surface area contributed by atoms with Crippen LogP contribution in [0.25, 0.3) is 0 Å². The van der Waals surface area contributed by atoms with Crippen LogP contribution < -0.4 is 20.1 Å². The van der Waals surface area contributed by atoms with Crippen molar-refractivity contribution in [2.24, 2.45) is 0 Å². The molecule has 2 aromatic rings. The number of rotatable bonds is 7. The van der Waals surface area contributed by atoms with Crippen LogP contribution in [-0.4, -0.2) is 55.0 Å². The summed E-state index contributed by atoms with van der Waals surface area (Å²) in [4.78, 5) is 37.0. The Balaban J connectivity index is 1.63. The van der Waals surface area contributed by atoms with Gasteiger partial charge >= 0.3 is 0 Å². The highest BCUT2D eigenvalue weighted by Crippen LogP contribution is 2.39. The lowest BCUT2D eigenvalue weighted by Gasteiger charge is -2.17. The Labute approximate surface area is 193 Å². The molecule has 10 nitrogen and oxygen atoms in total. The largest absolute Gasteiger partial charge is 0.489 e. The number of nitrogens with zero attached hydrogens (tertiary/aromatic N) is 2. The molecule has 0 saturated heterocycles. The third-order valence-corrected chi connectivity index (χ3v) is 5.02. The van der Waals surface area contributed by atoms with E-state index in [0.29, 0.717) is 25.4 Å². The van der Waals surface area contributed by atoms with E-state index in [0.717, 1.165) is 0 Å². The number of ether oxygens (including phenoxy) is 2. The van der Waals surface area contributed by atoms with E-state index in [-0.39, 0.29) is 45.9 Å². The molecular formula is C20H20Cl2N4O6. The van der Waals surface area contributed by atoms with Crippen LogP contribution in [0, 0.1) is 10.1 Å². The molecule has 1 aliphatic rings. The monoisotopic (exact) mass is 482 g/mol. The Morgan fingerprint density at radius 2 is 1.62 bits per heavy atom. The van der Waals surface area contributed by atoms with Crippen molar-refractivity contribution in [2.45, 2.75) is 6.42 Å². The number of hydrogen-bond donors (Lipinski definition) is 2. The van der Waals surface area contributed by atoms with Crippen molar-refractivity contribution in [3.63, 3.8) is 0 Å². The van der Waals surface area contributed by atoms with Gasteiger partial charge in [0.05, 0.1) is 53.0 Å². The summed E-state index contributed by atoms with van der Waals surface area (Å²) in [6.45, 7) is 0.432. The fraction of sp³-hybridized carbons (Fsp3) is 0.300. The first-order chi connectivity index (χ1) is 15.2. The van der Waals surface area contributed by atoms with Crippen LogP contribution in [0.4, 0.5) is 17.1 Å². The quantitative estimate of drug-likeness (QED) is 0.456. The zero-order chi connectivity index (χ0) is 23.3. The maximum absolute atomic E-state index is 12.5. The van der Waals surface area contributed by atoms with Gasteiger partial charge in [-0.05, 0) is 19.2 Å². The second kappa shape index (κ2) is 10.5. The normalized spacial score (nSPS) is 12.8. The molecule has 0 fully saturated rings. The van der Waals surface area contributed by atoms with E-state index >= 15 is 0 Å². The molecule has 0 spiro atoms. The van der Waals surface area contributed by atoms with E-state index in [4.69, 9.17) is 32.7 Å². The molecule has 2 N–H and O–H groups in total. The molecule has 0 radical (unpaired) electrons. The van der Waals surface area contributed by atoms with Crippen LogP contribution in [0.3, 0.4) is 0 Å². The van der Waals surface area contributed by atoms with E-state index < -0.39 is 16.7 Å². The highest BCUT2D eigenvalue weighted by molar-refractivity contribution is 6.39. The fourth-order valence-corrected chi connectivity index (χ4v) is 3.47. The molecule has 1 aliphatic heterocycles. The van der Waals surface area contributed by atoms with Gasteiger partial charge in [-0.25, -0.2) is 0 Å². The molecule has 0 atom stereocenters. The fourth-order valence-electron chi connectivity index (χ4n) is 2.98. The zero-order valence-electron chi connectivity index (χ0n) is 17.0. The molecule has 3 rings (SSSR count). The average Bonchev–Trinajstić information content (AvgIpc) is 2.94. The van der Waals surface area contributed by atoms with Gasteiger partial charge in [-0.15, -0.1) is 0 Å². The van der Waals surface area contributed by atoms with E-state index in [1.54, 1.807) is 25.2 Å². The summed E-state index contributed by atoms with van der Waals surface area (Å²) in [7, 11) is 1.55. The van der Waals surface area contributed by atoms with Crippen LogP contribution in [0.5, 0.6) is 11.5 Å². The lowest BCUT2D eigenvalue weighted by Crippen LogP contribution is -2.36. The van der Waals surface area contributed by atoms with Crippen LogP contribution >= 0.6 is 23.2 Å². The highest BCUT2D eigenvalue weighted by atomic mass is 35.5. The number of amides is 2. The molecular weight excluding hydrogens is 463 g/mol. The molecule has 0 aliphatic carbocycles. The topological polar surface area (TPSA) is 123 Å². The van der Waals surface area contributed by atoms with Crippen LogP contribution in [-0.2, 0) is 9.59 Å². The van der Waals surface area contributed by atoms with E-state index in [1.165, 1.54) is 17.0 Å². The standard InChI is InChI=1S/C20H20Cl2N4O6/c1-25(11-19(28)24-20-12(21)4-2-5-13(20)22)10-18(27)23-14-8-16-17(9-15(14)26(29)30)32-7-3-6-31-16/h2,4-5,8-9H,3,6-7,10-11H2,1H3,(H,23,27)(H,24,28). The van der Waals surface area contributed by atoms with Crippen molar-refractivity contribution < 1.29 is 24.0 Å². The Morgan fingerprint density at radius 1 is 1.06 bits per heavy atom. The van der Waals surface area contributed by atoms with Crippen LogP contribution in [0.1, 0.15) is 6.42 Å². The summed E-state index contributed by atoms with van der Waals surface area (Å²) in [5.41, 5.74) is -0.0668. The van der Waals surface area contributed by atoms with Crippen LogP contribution in [0.2, 0.25) is 10.0 Å². The first kappa shape index (κ1) is 23.6. The number of para-hydroxylation sites is 1. The lowest BCUT2D eigenvalue weighted by molar-refractivity contribution is -0.384. The Hall–Kier alpha value is -3.08. The first-order valence-corrected chi connectivity index (χ1v) is 10.3. The van der Waals surface area contributed by atoms with Gasteiger partial charge in [0.25, 0.3) is 5.69 Å². The van der Waals surface area contributed by atoms with Crippen molar-refractivity contribution in [3.8, 4) is 11.5 Å². The molecule has 32 heavy (non-hydrogen) atoms.